The summed E-state index contributed by atoms with van der Waals surface area (Å²) in [7, 11) is 0. The summed E-state index contributed by atoms with van der Waals surface area (Å²) in [4.78, 5) is 30.6. The van der Waals surface area contributed by atoms with Crippen molar-refractivity contribution in [1.29, 1.82) is 0 Å². The van der Waals surface area contributed by atoms with Crippen molar-refractivity contribution in [2.75, 3.05) is 0 Å². The average Bonchev–Trinajstić information content (AvgIpc) is 3.18. The number of aryl methyl sites for hydroxylation is 1. The van der Waals surface area contributed by atoms with E-state index in [4.69, 9.17) is 0 Å². The fourth-order valence-electron chi connectivity index (χ4n) is 4.52. The fourth-order valence-corrected chi connectivity index (χ4v) is 5.09. The first-order valence-corrected chi connectivity index (χ1v) is 13.2. The summed E-state index contributed by atoms with van der Waals surface area (Å²) in [6, 6.07) is -0.233. The van der Waals surface area contributed by atoms with E-state index in [0.29, 0.717) is 6.42 Å². The third-order valence-electron chi connectivity index (χ3n) is 7.19. The molecule has 1 aromatic heterocycles. The number of aliphatic hydroxyl groups excluding tert-OH is 2. The van der Waals surface area contributed by atoms with Crippen molar-refractivity contribution < 1.29 is 19.8 Å². The third-order valence-corrected chi connectivity index (χ3v) is 7.98. The minimum absolute atomic E-state index is 0.0320. The molecule has 0 saturated heterocycles. The Morgan fingerprint density at radius 2 is 1.91 bits per heavy atom. The molecule has 0 aromatic carbocycles. The summed E-state index contributed by atoms with van der Waals surface area (Å²) in [5, 5.41) is 27.7. The van der Waals surface area contributed by atoms with E-state index in [1.165, 1.54) is 5.57 Å². The average molecular weight is 491 g/mol. The highest BCUT2D eigenvalue weighted by molar-refractivity contribution is 7.09. The van der Waals surface area contributed by atoms with Crippen molar-refractivity contribution in [3.63, 3.8) is 0 Å². The van der Waals surface area contributed by atoms with Crippen LogP contribution in [0.1, 0.15) is 84.3 Å². The van der Waals surface area contributed by atoms with Gasteiger partial charge >= 0.3 is 0 Å². The molecule has 1 amide bonds. The SMILES string of the molecule is C/C1=C/C[C@H](/C(C)=C/c2csc(C)n2)NC(=O)C[C@H](O)C(C)(C)C(=O)[C@H](C)[C@@H](O)[C@@H](C)CCC1. The standard InChI is InChI=1S/C27H42N2O4S/c1-16-9-8-10-17(2)25(32)19(4)26(33)27(6,7)23(30)14-24(31)29-22(12-11-16)18(3)13-21-15-34-20(5)28-21/h11,13,15,17,19,22-23,25,30,32H,8-10,12,14H2,1-7H3,(H,29,31)/b16-11-,18-13+/t17-,19+,22+,23-,25-/m0/s1. The van der Waals surface area contributed by atoms with Crippen LogP contribution in [0.2, 0.25) is 0 Å². The lowest BCUT2D eigenvalue weighted by atomic mass is 9.73. The van der Waals surface area contributed by atoms with Crippen molar-refractivity contribution in [2.24, 2.45) is 17.3 Å². The van der Waals surface area contributed by atoms with E-state index in [0.717, 1.165) is 35.5 Å². The van der Waals surface area contributed by atoms with E-state index in [-0.39, 0.29) is 30.1 Å². The predicted octanol–water partition coefficient (Wildman–Crippen LogP) is 4.84. The maximum absolute atomic E-state index is 13.2. The summed E-state index contributed by atoms with van der Waals surface area (Å²) >= 11 is 1.58. The molecule has 3 N–H and O–H groups in total. The second-order valence-electron chi connectivity index (χ2n) is 10.5. The number of Topliss-reactive ketones (excluding diaryl/α,β-unsaturated/α-hetero) is 1. The molecule has 2 rings (SSSR count). The van der Waals surface area contributed by atoms with Crippen LogP contribution in [0.15, 0.2) is 22.6 Å². The summed E-state index contributed by atoms with van der Waals surface area (Å²) in [5.74, 6) is -1.18. The Morgan fingerprint density at radius 1 is 1.24 bits per heavy atom. The first kappa shape index (κ1) is 28.4. The van der Waals surface area contributed by atoms with Crippen molar-refractivity contribution in [2.45, 2.75) is 98.8 Å². The third kappa shape index (κ3) is 7.59. The van der Waals surface area contributed by atoms with E-state index in [2.05, 4.69) is 23.3 Å². The molecule has 190 valence electrons. The summed E-state index contributed by atoms with van der Waals surface area (Å²) in [5.41, 5.74) is 1.94. The molecule has 2 heterocycles. The molecule has 1 aromatic rings. The Hall–Kier alpha value is -1.83. The molecule has 34 heavy (non-hydrogen) atoms. The minimum Gasteiger partial charge on any atom is -0.392 e. The number of carbonyl (C=O) groups excluding carboxylic acids is 2. The minimum atomic E-state index is -1.15. The number of nitrogens with one attached hydrogen (secondary N) is 1. The van der Waals surface area contributed by atoms with E-state index >= 15 is 0 Å². The fraction of sp³-hybridized carbons (Fsp3) is 0.667. The Morgan fingerprint density at radius 3 is 2.53 bits per heavy atom. The molecule has 1 aliphatic rings. The summed E-state index contributed by atoms with van der Waals surface area (Å²) in [6.07, 6.45) is 5.30. The predicted molar refractivity (Wildman–Crippen MR) is 138 cm³/mol. The van der Waals surface area contributed by atoms with Gasteiger partial charge in [-0.2, -0.15) is 0 Å². The first-order chi connectivity index (χ1) is 15.8. The lowest BCUT2D eigenvalue weighted by Gasteiger charge is -2.34. The summed E-state index contributed by atoms with van der Waals surface area (Å²) in [6.45, 7) is 13.0. The molecular formula is C27H42N2O4S. The Labute approximate surface area is 208 Å². The van der Waals surface area contributed by atoms with Gasteiger partial charge in [-0.05, 0) is 64.0 Å². The second-order valence-corrected chi connectivity index (χ2v) is 11.6. The number of aliphatic hydroxyl groups is 2. The van der Waals surface area contributed by atoms with Crippen LogP contribution in [0.3, 0.4) is 0 Å². The van der Waals surface area contributed by atoms with Crippen LogP contribution in [-0.4, -0.2) is 45.1 Å². The van der Waals surface area contributed by atoms with Crippen LogP contribution >= 0.6 is 11.3 Å². The Kier molecular flexibility index (Phi) is 10.2. The number of amides is 1. The van der Waals surface area contributed by atoms with Gasteiger partial charge in [0.2, 0.25) is 5.91 Å². The van der Waals surface area contributed by atoms with Gasteiger partial charge in [0, 0.05) is 11.3 Å². The van der Waals surface area contributed by atoms with Crippen molar-refractivity contribution in [3.8, 4) is 0 Å². The quantitative estimate of drug-likeness (QED) is 0.515. The number of aromatic nitrogens is 1. The number of hydrogen-bond acceptors (Lipinski definition) is 6. The van der Waals surface area contributed by atoms with Crippen LogP contribution in [0.25, 0.3) is 6.08 Å². The number of hydrogen-bond donors (Lipinski definition) is 3. The lowest BCUT2D eigenvalue weighted by Crippen LogP contribution is -2.47. The molecule has 0 unspecified atom stereocenters. The van der Waals surface area contributed by atoms with E-state index < -0.39 is 23.5 Å². The maximum Gasteiger partial charge on any atom is 0.223 e. The van der Waals surface area contributed by atoms with Crippen molar-refractivity contribution >= 4 is 29.1 Å². The zero-order chi connectivity index (χ0) is 25.6. The van der Waals surface area contributed by atoms with Crippen LogP contribution in [0.5, 0.6) is 0 Å². The number of nitrogens with zero attached hydrogens (tertiary/aromatic N) is 1. The number of thiazole rings is 1. The molecular weight excluding hydrogens is 448 g/mol. The molecule has 0 saturated carbocycles. The van der Waals surface area contributed by atoms with Gasteiger partial charge in [-0.25, -0.2) is 4.98 Å². The van der Waals surface area contributed by atoms with Gasteiger partial charge in [0.15, 0.2) is 0 Å². The molecule has 6 nitrogen and oxygen atoms in total. The first-order valence-electron chi connectivity index (χ1n) is 12.3. The molecule has 0 fully saturated rings. The largest absolute Gasteiger partial charge is 0.392 e. The zero-order valence-corrected chi connectivity index (χ0v) is 22.5. The normalized spacial score (nSPS) is 32.1. The molecule has 5 atom stereocenters. The lowest BCUT2D eigenvalue weighted by molar-refractivity contribution is -0.143. The van der Waals surface area contributed by atoms with Crippen molar-refractivity contribution in [3.05, 3.63) is 33.3 Å². The van der Waals surface area contributed by atoms with Crippen LogP contribution in [0.4, 0.5) is 0 Å². The van der Waals surface area contributed by atoms with Crippen LogP contribution in [-0.2, 0) is 9.59 Å². The van der Waals surface area contributed by atoms with Gasteiger partial charge < -0.3 is 15.5 Å². The maximum atomic E-state index is 13.2. The highest BCUT2D eigenvalue weighted by Gasteiger charge is 2.42. The van der Waals surface area contributed by atoms with Gasteiger partial charge in [0.25, 0.3) is 0 Å². The van der Waals surface area contributed by atoms with E-state index in [1.54, 1.807) is 32.1 Å². The van der Waals surface area contributed by atoms with Gasteiger partial charge in [0.1, 0.15) is 5.78 Å². The number of rotatable bonds is 2. The highest BCUT2D eigenvalue weighted by atomic mass is 32.1. The monoisotopic (exact) mass is 490 g/mol. The molecule has 0 bridgehead atoms. The van der Waals surface area contributed by atoms with E-state index in [9.17, 15) is 19.8 Å². The van der Waals surface area contributed by atoms with Gasteiger partial charge in [-0.15, -0.1) is 11.3 Å². The van der Waals surface area contributed by atoms with Gasteiger partial charge in [-0.3, -0.25) is 9.59 Å². The smallest absolute Gasteiger partial charge is 0.223 e. The number of ketones is 1. The number of carbonyl (C=O) groups is 2. The Balaban J connectivity index is 2.33. The highest BCUT2D eigenvalue weighted by Crippen LogP contribution is 2.32. The van der Waals surface area contributed by atoms with Crippen LogP contribution < -0.4 is 5.32 Å². The Bertz CT molecular complexity index is 917. The second kappa shape index (κ2) is 12.2. The number of allylic oxidation sites excluding steroid dienone is 1. The molecule has 7 heteroatoms. The molecule has 1 aliphatic heterocycles. The zero-order valence-electron chi connectivity index (χ0n) is 21.7. The molecule has 0 radical (unpaired) electrons. The van der Waals surface area contributed by atoms with Crippen LogP contribution in [0, 0.1) is 24.2 Å². The van der Waals surface area contributed by atoms with Gasteiger partial charge in [0.05, 0.1) is 40.8 Å². The molecule has 0 aliphatic carbocycles. The van der Waals surface area contributed by atoms with Gasteiger partial charge in [-0.1, -0.05) is 39.3 Å². The van der Waals surface area contributed by atoms with E-state index in [1.807, 2.05) is 32.2 Å². The topological polar surface area (TPSA) is 99.5 Å². The van der Waals surface area contributed by atoms with Crippen molar-refractivity contribution in [1.82, 2.24) is 10.3 Å². The molecule has 0 spiro atoms. The summed E-state index contributed by atoms with van der Waals surface area (Å²) < 4.78 is 0.